The summed E-state index contributed by atoms with van der Waals surface area (Å²) in [5, 5.41) is 45.6. The van der Waals surface area contributed by atoms with Crippen molar-refractivity contribution in [3.05, 3.63) is 75.8 Å². The molecule has 6 N–H and O–H groups in total. The van der Waals surface area contributed by atoms with Gasteiger partial charge >= 0.3 is 0 Å². The molecule has 1 aromatic heterocycles. The van der Waals surface area contributed by atoms with Crippen molar-refractivity contribution in [2.24, 2.45) is 16.6 Å². The Bertz CT molecular complexity index is 1530. The third-order valence-corrected chi connectivity index (χ3v) is 8.99. The number of hydrogen-bond acceptors (Lipinski definition) is 9. The van der Waals surface area contributed by atoms with Crippen molar-refractivity contribution in [1.29, 1.82) is 0 Å². The summed E-state index contributed by atoms with van der Waals surface area (Å²) in [7, 11) is 3.16. The first-order valence-electron chi connectivity index (χ1n) is 13.1. The molecule has 10 heteroatoms. The fourth-order valence-electron chi connectivity index (χ4n) is 7.43. The number of likely N-dealkylation sites (N-methyl/N-ethyl adjacent to an activating group) is 1. The molecule has 4 atom stereocenters. The third kappa shape index (κ3) is 3.55. The van der Waals surface area contributed by atoms with E-state index in [0.29, 0.717) is 18.4 Å². The van der Waals surface area contributed by atoms with Crippen LogP contribution in [0.15, 0.2) is 53.4 Å². The number of ketones is 2. The first kappa shape index (κ1) is 27.5. The summed E-state index contributed by atoms with van der Waals surface area (Å²) in [5.74, 6) is -4.96. The van der Waals surface area contributed by atoms with Crippen molar-refractivity contribution in [2.45, 2.75) is 51.2 Å². The summed E-state index contributed by atoms with van der Waals surface area (Å²) in [5.41, 5.74) is 1.43. The van der Waals surface area contributed by atoms with Gasteiger partial charge in [-0.1, -0.05) is 26.0 Å². The van der Waals surface area contributed by atoms with Crippen LogP contribution in [0.25, 0.3) is 5.76 Å². The van der Waals surface area contributed by atoms with Gasteiger partial charge in [0.05, 0.1) is 11.6 Å². The van der Waals surface area contributed by atoms with Gasteiger partial charge in [0, 0.05) is 28.3 Å². The monoisotopic (exact) mass is 547 g/mol. The normalized spacial score (nSPS) is 29.8. The van der Waals surface area contributed by atoms with Gasteiger partial charge in [-0.3, -0.25) is 24.3 Å². The zero-order valence-electron chi connectivity index (χ0n) is 22.9. The summed E-state index contributed by atoms with van der Waals surface area (Å²) in [4.78, 5) is 45.9. The van der Waals surface area contributed by atoms with Gasteiger partial charge in [0.15, 0.2) is 11.4 Å². The van der Waals surface area contributed by atoms with Gasteiger partial charge < -0.3 is 26.2 Å². The lowest BCUT2D eigenvalue weighted by Crippen LogP contribution is -2.72. The van der Waals surface area contributed by atoms with Gasteiger partial charge in [-0.25, -0.2) is 0 Å². The summed E-state index contributed by atoms with van der Waals surface area (Å²) >= 11 is 0. The molecule has 0 bridgehead atoms. The number of primary amides is 1. The number of amides is 1. The molecule has 0 unspecified atom stereocenters. The summed E-state index contributed by atoms with van der Waals surface area (Å²) in [6, 6.07) is 7.67. The number of pyridine rings is 1. The number of aliphatic hydroxyl groups is 3. The second kappa shape index (κ2) is 9.00. The molecule has 0 aliphatic heterocycles. The van der Waals surface area contributed by atoms with Crippen LogP contribution < -0.4 is 5.73 Å². The predicted molar refractivity (Wildman–Crippen MR) is 145 cm³/mol. The molecule has 1 saturated carbocycles. The lowest BCUT2D eigenvalue weighted by molar-refractivity contribution is -0.176. The number of aryl methyl sites for hydroxylation is 2. The maximum atomic E-state index is 14.3. The van der Waals surface area contributed by atoms with E-state index in [4.69, 9.17) is 5.73 Å². The van der Waals surface area contributed by atoms with Crippen molar-refractivity contribution in [3.63, 3.8) is 0 Å². The molecule has 5 rings (SSSR count). The van der Waals surface area contributed by atoms with E-state index in [2.05, 4.69) is 4.98 Å². The number of hydrogen-bond donors (Lipinski definition) is 5. The average molecular weight is 548 g/mol. The van der Waals surface area contributed by atoms with Crippen LogP contribution in [-0.4, -0.2) is 73.5 Å². The van der Waals surface area contributed by atoms with Crippen molar-refractivity contribution < 1.29 is 34.8 Å². The van der Waals surface area contributed by atoms with Crippen LogP contribution >= 0.6 is 0 Å². The summed E-state index contributed by atoms with van der Waals surface area (Å²) in [6.07, 6.45) is 3.07. The number of aromatic hydroxyl groups is 1. The van der Waals surface area contributed by atoms with Gasteiger partial charge in [0.2, 0.25) is 5.78 Å². The maximum absolute atomic E-state index is 14.3. The number of Topliss-reactive ketones (excluding diaryl/α,β-unsaturated/α-hetero) is 2. The lowest BCUT2D eigenvalue weighted by Gasteiger charge is -2.59. The SMILES string of the molecule is CN(C)[C@@H]1C(=O)C(C(N)=O)=C(O)[C@@]2(O)C(=O)C3=C(O)c4c(O)ccc(CCc5ccccn5)c4C[C@@]3(C)C[C@@]12C. The van der Waals surface area contributed by atoms with Gasteiger partial charge in [0.25, 0.3) is 5.91 Å². The molecular formula is C30H33N3O7. The van der Waals surface area contributed by atoms with Crippen LogP contribution in [0.1, 0.15) is 42.7 Å². The van der Waals surface area contributed by atoms with E-state index in [9.17, 15) is 34.8 Å². The Morgan fingerprint density at radius 1 is 1.10 bits per heavy atom. The van der Waals surface area contributed by atoms with Crippen LogP contribution in [-0.2, 0) is 33.6 Å². The number of nitrogens with two attached hydrogens (primary N) is 1. The Morgan fingerprint density at radius 2 is 1.80 bits per heavy atom. The molecule has 1 aromatic carbocycles. The predicted octanol–water partition coefficient (Wildman–Crippen LogP) is 1.92. The average Bonchev–Trinajstić information content (AvgIpc) is 2.86. The molecule has 0 saturated heterocycles. The molecule has 210 valence electrons. The zero-order chi connectivity index (χ0) is 29.4. The van der Waals surface area contributed by atoms with Crippen LogP contribution in [0.5, 0.6) is 5.75 Å². The van der Waals surface area contributed by atoms with Gasteiger partial charge in [-0.2, -0.15) is 0 Å². The summed E-state index contributed by atoms with van der Waals surface area (Å²) < 4.78 is 0. The number of nitrogens with zero attached hydrogens (tertiary/aromatic N) is 2. The zero-order valence-corrected chi connectivity index (χ0v) is 22.9. The number of rotatable bonds is 5. The Labute approximate surface area is 231 Å². The molecule has 0 spiro atoms. The quantitative estimate of drug-likeness (QED) is 0.350. The third-order valence-electron chi connectivity index (χ3n) is 8.99. The maximum Gasteiger partial charge on any atom is 0.255 e. The van der Waals surface area contributed by atoms with E-state index >= 15 is 0 Å². The highest BCUT2D eigenvalue weighted by atomic mass is 16.3. The number of aliphatic hydroxyl groups excluding tert-OH is 2. The first-order chi connectivity index (χ1) is 18.7. The van der Waals surface area contributed by atoms with Gasteiger partial charge in [0.1, 0.15) is 22.8 Å². The number of benzene rings is 1. The Kier molecular flexibility index (Phi) is 6.20. The molecule has 1 fully saturated rings. The molecule has 3 aliphatic rings. The Balaban J connectivity index is 1.72. The van der Waals surface area contributed by atoms with E-state index in [1.165, 1.54) is 17.9 Å². The number of fused-ring (bicyclic) bond motifs is 3. The van der Waals surface area contributed by atoms with Gasteiger partial charge in [-0.05, 0) is 69.1 Å². The molecule has 40 heavy (non-hydrogen) atoms. The van der Waals surface area contributed by atoms with E-state index in [0.717, 1.165) is 11.3 Å². The second-order valence-electron chi connectivity index (χ2n) is 11.8. The van der Waals surface area contributed by atoms with E-state index in [1.54, 1.807) is 33.3 Å². The minimum atomic E-state index is -2.73. The van der Waals surface area contributed by atoms with Gasteiger partial charge in [-0.15, -0.1) is 0 Å². The molecule has 1 amide bonds. The Hall–Kier alpha value is -4.02. The number of phenols is 1. The highest BCUT2D eigenvalue weighted by molar-refractivity contribution is 6.25. The van der Waals surface area contributed by atoms with Crippen LogP contribution in [0, 0.1) is 10.8 Å². The van der Waals surface area contributed by atoms with Crippen molar-refractivity contribution in [2.75, 3.05) is 14.1 Å². The first-order valence-corrected chi connectivity index (χ1v) is 13.1. The highest BCUT2D eigenvalue weighted by Gasteiger charge is 2.72. The number of carbonyl (C=O) groups is 3. The fraction of sp³-hybridized carbons (Fsp3) is 0.400. The smallest absolute Gasteiger partial charge is 0.255 e. The molecule has 2 aromatic rings. The minimum Gasteiger partial charge on any atom is -0.508 e. The number of aromatic nitrogens is 1. The van der Waals surface area contributed by atoms with Crippen LogP contribution in [0.3, 0.4) is 0 Å². The van der Waals surface area contributed by atoms with Crippen LogP contribution in [0.2, 0.25) is 0 Å². The highest BCUT2D eigenvalue weighted by Crippen LogP contribution is 2.63. The largest absolute Gasteiger partial charge is 0.508 e. The topological polar surface area (TPSA) is 174 Å². The van der Waals surface area contributed by atoms with Crippen molar-refractivity contribution >= 4 is 23.2 Å². The lowest BCUT2D eigenvalue weighted by atomic mass is 9.46. The molecular weight excluding hydrogens is 514 g/mol. The van der Waals surface area contributed by atoms with E-state index < -0.39 is 57.0 Å². The van der Waals surface area contributed by atoms with E-state index in [-0.39, 0.29) is 29.7 Å². The fourth-order valence-corrected chi connectivity index (χ4v) is 7.43. The minimum absolute atomic E-state index is 0.0128. The van der Waals surface area contributed by atoms with Crippen molar-refractivity contribution in [1.82, 2.24) is 9.88 Å². The number of carbonyl (C=O) groups excluding carboxylic acids is 3. The van der Waals surface area contributed by atoms with Crippen LogP contribution in [0.4, 0.5) is 0 Å². The second-order valence-corrected chi connectivity index (χ2v) is 11.8. The standard InChI is InChI=1S/C30H33N3O7/c1-28-13-17-15(8-10-16-7-5-6-12-32-16)9-11-18(34)19(17)22(35)21(28)26(38)30(40)25(37)20(27(31)39)23(36)24(33(3)4)29(30,2)14-28/h5-7,9,11-12,24,34-35,37,40H,8,10,13-14H2,1-4H3,(H2,31,39)/t24-,28+,29+,30-/m1/s1. The molecule has 1 heterocycles. The molecule has 0 radical (unpaired) electrons. The van der Waals surface area contributed by atoms with E-state index in [1.807, 2.05) is 18.2 Å². The summed E-state index contributed by atoms with van der Waals surface area (Å²) in [6.45, 7) is 3.29. The molecule has 3 aliphatic carbocycles. The van der Waals surface area contributed by atoms with Crippen molar-refractivity contribution in [3.8, 4) is 5.75 Å². The molecule has 10 nitrogen and oxygen atoms in total. The Morgan fingerprint density at radius 3 is 2.40 bits per heavy atom. The number of phenolic OH excluding ortho intramolecular Hbond substituents is 1.